The van der Waals surface area contributed by atoms with Crippen molar-refractivity contribution in [3.8, 4) is 6.07 Å². The predicted octanol–water partition coefficient (Wildman–Crippen LogP) is 8.14. The van der Waals surface area contributed by atoms with Crippen LogP contribution in [0.15, 0.2) is 48.6 Å². The van der Waals surface area contributed by atoms with Gasteiger partial charge in [0.2, 0.25) is 0 Å². The van der Waals surface area contributed by atoms with Crippen molar-refractivity contribution in [2.45, 2.75) is 89.9 Å². The highest BCUT2D eigenvalue weighted by Crippen LogP contribution is 2.37. The van der Waals surface area contributed by atoms with Gasteiger partial charge in [0.25, 0.3) is 0 Å². The van der Waals surface area contributed by atoms with Gasteiger partial charge in [0.15, 0.2) is 0 Å². The first-order valence-electron chi connectivity index (χ1n) is 12.1. The number of benzene rings is 1. The summed E-state index contributed by atoms with van der Waals surface area (Å²) in [5.74, 6) is 3.27. The molecule has 0 atom stereocenters. The van der Waals surface area contributed by atoms with E-state index in [0.29, 0.717) is 0 Å². The zero-order chi connectivity index (χ0) is 20.3. The molecule has 0 aromatic heterocycles. The summed E-state index contributed by atoms with van der Waals surface area (Å²) in [5.41, 5.74) is 3.05. The maximum absolute atomic E-state index is 8.56. The third-order valence-electron chi connectivity index (χ3n) is 7.24. The van der Waals surface area contributed by atoms with Gasteiger partial charge in [-0.3, -0.25) is 0 Å². The van der Waals surface area contributed by atoms with Gasteiger partial charge in [-0.15, -0.1) is 0 Å². The van der Waals surface area contributed by atoms with Crippen molar-refractivity contribution < 1.29 is 0 Å². The van der Waals surface area contributed by atoms with Crippen LogP contribution in [0.4, 0.5) is 0 Å². The molecule has 2 fully saturated rings. The highest BCUT2D eigenvalue weighted by molar-refractivity contribution is 5.26. The van der Waals surface area contributed by atoms with Crippen LogP contribution in [0, 0.1) is 29.1 Å². The molecule has 0 heterocycles. The molecule has 3 rings (SSSR count). The van der Waals surface area contributed by atoms with Gasteiger partial charge in [-0.1, -0.05) is 55.8 Å². The molecule has 2 aliphatic rings. The van der Waals surface area contributed by atoms with E-state index in [1.807, 2.05) is 6.08 Å². The summed E-state index contributed by atoms with van der Waals surface area (Å²) in [6.45, 7) is 2.25. The van der Waals surface area contributed by atoms with Crippen molar-refractivity contribution in [1.82, 2.24) is 0 Å². The van der Waals surface area contributed by atoms with Crippen LogP contribution in [-0.4, -0.2) is 0 Å². The van der Waals surface area contributed by atoms with Crippen LogP contribution in [-0.2, 0) is 6.42 Å². The minimum Gasteiger partial charge on any atom is -0.193 e. The van der Waals surface area contributed by atoms with Gasteiger partial charge in [0.05, 0.1) is 6.07 Å². The molecule has 2 aliphatic carbocycles. The second-order valence-corrected chi connectivity index (χ2v) is 9.38. The molecule has 1 heteroatoms. The van der Waals surface area contributed by atoms with Crippen molar-refractivity contribution in [2.24, 2.45) is 17.8 Å². The Kier molecular flexibility index (Phi) is 9.07. The Morgan fingerprint density at radius 2 is 1.52 bits per heavy atom. The molecule has 0 saturated heterocycles. The summed E-state index contributed by atoms with van der Waals surface area (Å²) in [6.07, 6.45) is 24.5. The number of hydrogen-bond donors (Lipinski definition) is 0. The van der Waals surface area contributed by atoms with E-state index in [2.05, 4.69) is 49.4 Å². The number of hydrogen-bond acceptors (Lipinski definition) is 1. The summed E-state index contributed by atoms with van der Waals surface area (Å²) >= 11 is 0. The number of nitriles is 1. The van der Waals surface area contributed by atoms with Gasteiger partial charge in [0.1, 0.15) is 0 Å². The Morgan fingerprint density at radius 3 is 2.10 bits per heavy atom. The van der Waals surface area contributed by atoms with Crippen LogP contribution >= 0.6 is 0 Å². The lowest BCUT2D eigenvalue weighted by Crippen LogP contribution is -2.14. The molecule has 1 aromatic carbocycles. The minimum absolute atomic E-state index is 0.779. The van der Waals surface area contributed by atoms with Crippen LogP contribution < -0.4 is 0 Å². The molecular formula is C28H39N. The normalized spacial score (nSPS) is 28.0. The molecule has 1 aromatic rings. The molecule has 0 amide bonds. The van der Waals surface area contributed by atoms with Gasteiger partial charge in [-0.2, -0.15) is 5.26 Å². The Balaban J connectivity index is 1.36. The molecule has 156 valence electrons. The Labute approximate surface area is 178 Å². The summed E-state index contributed by atoms with van der Waals surface area (Å²) in [4.78, 5) is 0. The van der Waals surface area contributed by atoms with Crippen LogP contribution in [0.3, 0.4) is 0 Å². The fourth-order valence-corrected chi connectivity index (χ4v) is 5.34. The monoisotopic (exact) mass is 389 g/mol. The van der Waals surface area contributed by atoms with E-state index in [1.165, 1.54) is 76.2 Å². The highest BCUT2D eigenvalue weighted by Gasteiger charge is 2.22. The largest absolute Gasteiger partial charge is 0.193 e. The van der Waals surface area contributed by atoms with Gasteiger partial charge in [-0.25, -0.2) is 0 Å². The van der Waals surface area contributed by atoms with Gasteiger partial charge >= 0.3 is 0 Å². The van der Waals surface area contributed by atoms with Crippen LogP contribution in [0.25, 0.3) is 0 Å². The van der Waals surface area contributed by atoms with Gasteiger partial charge < -0.3 is 0 Å². The van der Waals surface area contributed by atoms with Crippen LogP contribution in [0.2, 0.25) is 0 Å². The third-order valence-corrected chi connectivity index (χ3v) is 7.24. The van der Waals surface area contributed by atoms with E-state index >= 15 is 0 Å². The molecule has 2 saturated carbocycles. The lowest BCUT2D eigenvalue weighted by molar-refractivity contribution is 0.295. The molecule has 0 bridgehead atoms. The molecule has 0 N–H and O–H groups in total. The molecule has 1 nitrogen and oxygen atoms in total. The molecule has 0 spiro atoms. The summed E-state index contributed by atoms with van der Waals surface area (Å²) < 4.78 is 0. The maximum Gasteiger partial charge on any atom is 0.0908 e. The lowest BCUT2D eigenvalue weighted by Gasteiger charge is -2.29. The quantitative estimate of drug-likeness (QED) is 0.325. The van der Waals surface area contributed by atoms with Crippen LogP contribution in [0.5, 0.6) is 0 Å². The topological polar surface area (TPSA) is 23.8 Å². The molecule has 0 unspecified atom stereocenters. The van der Waals surface area contributed by atoms with E-state index in [0.717, 1.165) is 30.1 Å². The van der Waals surface area contributed by atoms with E-state index in [9.17, 15) is 0 Å². The number of rotatable bonds is 8. The van der Waals surface area contributed by atoms with E-state index in [4.69, 9.17) is 5.26 Å². The number of aryl methyl sites for hydroxylation is 1. The van der Waals surface area contributed by atoms with Gasteiger partial charge in [0, 0.05) is 6.08 Å². The smallest absolute Gasteiger partial charge is 0.0908 e. The Morgan fingerprint density at radius 1 is 0.897 bits per heavy atom. The van der Waals surface area contributed by atoms with E-state index < -0.39 is 0 Å². The SMILES string of the molecule is CCCc1ccc(C2CCC(/C=C/C3CCC(CCC=CC#N)CC3)CC2)cc1. The second kappa shape index (κ2) is 12.0. The fourth-order valence-electron chi connectivity index (χ4n) is 5.34. The number of nitrogens with zero attached hydrogens (tertiary/aromatic N) is 1. The van der Waals surface area contributed by atoms with Crippen molar-refractivity contribution in [1.29, 1.82) is 5.26 Å². The lowest BCUT2D eigenvalue weighted by atomic mass is 9.77. The molecule has 0 radical (unpaired) electrons. The van der Waals surface area contributed by atoms with Crippen molar-refractivity contribution in [3.05, 3.63) is 59.7 Å². The first-order valence-corrected chi connectivity index (χ1v) is 12.1. The molecule has 29 heavy (non-hydrogen) atoms. The molecular weight excluding hydrogens is 350 g/mol. The van der Waals surface area contributed by atoms with Crippen molar-refractivity contribution in [3.63, 3.8) is 0 Å². The average Bonchev–Trinajstić information content (AvgIpc) is 2.77. The predicted molar refractivity (Wildman–Crippen MR) is 124 cm³/mol. The Bertz CT molecular complexity index is 674. The summed E-state index contributed by atoms with van der Waals surface area (Å²) in [6, 6.07) is 11.6. The first kappa shape index (κ1) is 21.9. The average molecular weight is 390 g/mol. The summed E-state index contributed by atoms with van der Waals surface area (Å²) in [7, 11) is 0. The second-order valence-electron chi connectivity index (χ2n) is 9.38. The fraction of sp³-hybridized carbons (Fsp3) is 0.607. The Hall–Kier alpha value is -1.81. The number of allylic oxidation sites excluding steroid dienone is 4. The van der Waals surface area contributed by atoms with E-state index in [1.54, 1.807) is 11.6 Å². The highest BCUT2D eigenvalue weighted by atomic mass is 14.3. The zero-order valence-electron chi connectivity index (χ0n) is 18.4. The standard InChI is InChI=1S/C28H39N/c1-2-6-23-14-18-27(19-15-23)28-20-16-26(17-21-28)13-12-25-10-8-24(9-11-25)7-4-3-5-22-29/h3,5,12-15,18-19,24-26,28H,2,4,6-11,16-17,20-21H2,1H3/b5-3?,13-12+. The van der Waals surface area contributed by atoms with Crippen LogP contribution in [0.1, 0.15) is 94.6 Å². The minimum atomic E-state index is 0.779. The van der Waals surface area contributed by atoms with Gasteiger partial charge in [-0.05, 0) is 105 Å². The van der Waals surface area contributed by atoms with Crippen molar-refractivity contribution in [2.75, 3.05) is 0 Å². The van der Waals surface area contributed by atoms with E-state index in [-0.39, 0.29) is 0 Å². The third kappa shape index (κ3) is 7.18. The zero-order valence-corrected chi connectivity index (χ0v) is 18.4. The van der Waals surface area contributed by atoms with Crippen molar-refractivity contribution >= 4 is 0 Å². The first-order chi connectivity index (χ1) is 14.3. The molecule has 0 aliphatic heterocycles. The summed E-state index contributed by atoms with van der Waals surface area (Å²) in [5, 5.41) is 8.56. The maximum atomic E-state index is 8.56.